The van der Waals surface area contributed by atoms with E-state index in [-0.39, 0.29) is 0 Å². The highest BCUT2D eigenvalue weighted by Crippen LogP contribution is 2.21. The summed E-state index contributed by atoms with van der Waals surface area (Å²) in [6.45, 7) is 1.56. The molecule has 0 aromatic rings. The predicted molar refractivity (Wildman–Crippen MR) is 35.5 cm³/mol. The third-order valence-electron chi connectivity index (χ3n) is 1.52. The molecule has 0 spiro atoms. The van der Waals surface area contributed by atoms with Gasteiger partial charge in [-0.25, -0.2) is 0 Å². The van der Waals surface area contributed by atoms with Gasteiger partial charge in [0.1, 0.15) is 0 Å². The molecule has 0 heterocycles. The Morgan fingerprint density at radius 3 is 1.40 bits per heavy atom. The van der Waals surface area contributed by atoms with Crippen molar-refractivity contribution in [1.82, 2.24) is 0 Å². The lowest BCUT2D eigenvalue weighted by Gasteiger charge is -2.25. The summed E-state index contributed by atoms with van der Waals surface area (Å²) in [4.78, 5) is 0. The van der Waals surface area contributed by atoms with Crippen LogP contribution in [0.15, 0.2) is 12.3 Å². The Labute approximate surface area is 59.1 Å². The second kappa shape index (κ2) is 3.55. The Morgan fingerprint density at radius 2 is 1.40 bits per heavy atom. The molecule has 0 aliphatic carbocycles. The van der Waals surface area contributed by atoms with Crippen LogP contribution in [-0.2, 0) is 0 Å². The van der Waals surface area contributed by atoms with Crippen molar-refractivity contribution in [3.8, 4) is 0 Å². The SMILES string of the molecule is C=C(O)C(CO)(CO)CO. The van der Waals surface area contributed by atoms with Crippen molar-refractivity contribution < 1.29 is 20.4 Å². The van der Waals surface area contributed by atoms with Gasteiger partial charge in [0.15, 0.2) is 0 Å². The van der Waals surface area contributed by atoms with Gasteiger partial charge in [-0.3, -0.25) is 0 Å². The molecule has 0 amide bonds. The molecule has 0 aromatic heterocycles. The fraction of sp³-hybridized carbons (Fsp3) is 0.667. The molecule has 4 heteroatoms. The molecule has 0 radical (unpaired) electrons. The fourth-order valence-electron chi connectivity index (χ4n) is 0.424. The fourth-order valence-corrected chi connectivity index (χ4v) is 0.424. The van der Waals surface area contributed by atoms with Gasteiger partial charge in [0.25, 0.3) is 0 Å². The van der Waals surface area contributed by atoms with E-state index in [0.717, 1.165) is 0 Å². The number of aliphatic hydroxyl groups excluding tert-OH is 4. The first-order valence-electron chi connectivity index (χ1n) is 2.84. The quantitative estimate of drug-likeness (QED) is 0.386. The van der Waals surface area contributed by atoms with Crippen LogP contribution < -0.4 is 0 Å². The van der Waals surface area contributed by atoms with E-state index >= 15 is 0 Å². The van der Waals surface area contributed by atoms with Gasteiger partial charge in [-0.15, -0.1) is 0 Å². The summed E-state index contributed by atoms with van der Waals surface area (Å²) >= 11 is 0. The van der Waals surface area contributed by atoms with Gasteiger partial charge in [-0.05, 0) is 0 Å². The highest BCUT2D eigenvalue weighted by atomic mass is 16.3. The zero-order valence-corrected chi connectivity index (χ0v) is 5.62. The van der Waals surface area contributed by atoms with Crippen LogP contribution in [0.25, 0.3) is 0 Å². The van der Waals surface area contributed by atoms with Gasteiger partial charge in [0, 0.05) is 0 Å². The highest BCUT2D eigenvalue weighted by Gasteiger charge is 2.31. The van der Waals surface area contributed by atoms with Crippen LogP contribution in [0.2, 0.25) is 0 Å². The molecule has 0 atom stereocenters. The molecule has 0 unspecified atom stereocenters. The lowest BCUT2D eigenvalue weighted by molar-refractivity contribution is 0.00566. The summed E-state index contributed by atoms with van der Waals surface area (Å²) in [7, 11) is 0. The zero-order valence-electron chi connectivity index (χ0n) is 5.62. The number of hydrogen-bond donors (Lipinski definition) is 4. The third kappa shape index (κ3) is 1.47. The van der Waals surface area contributed by atoms with Crippen LogP contribution in [0.3, 0.4) is 0 Å². The lowest BCUT2D eigenvalue weighted by Crippen LogP contribution is -2.35. The molecular formula is C6H12O4. The van der Waals surface area contributed by atoms with Crippen molar-refractivity contribution in [3.05, 3.63) is 12.3 Å². The second-order valence-electron chi connectivity index (χ2n) is 2.20. The minimum absolute atomic E-state index is 0.403. The summed E-state index contributed by atoms with van der Waals surface area (Å²) in [5.74, 6) is -0.403. The van der Waals surface area contributed by atoms with Crippen molar-refractivity contribution in [1.29, 1.82) is 0 Å². The van der Waals surface area contributed by atoms with E-state index in [1.165, 1.54) is 0 Å². The maximum atomic E-state index is 8.79. The summed E-state index contributed by atoms with van der Waals surface area (Å²) in [6, 6.07) is 0. The molecule has 60 valence electrons. The Hall–Kier alpha value is -0.580. The van der Waals surface area contributed by atoms with Crippen molar-refractivity contribution in [2.75, 3.05) is 19.8 Å². The number of rotatable bonds is 4. The first kappa shape index (κ1) is 9.42. The van der Waals surface area contributed by atoms with Gasteiger partial charge < -0.3 is 20.4 Å². The van der Waals surface area contributed by atoms with E-state index in [2.05, 4.69) is 6.58 Å². The van der Waals surface area contributed by atoms with E-state index in [4.69, 9.17) is 20.4 Å². The van der Waals surface area contributed by atoms with Crippen LogP contribution >= 0.6 is 0 Å². The molecule has 0 aromatic carbocycles. The average Bonchev–Trinajstić information content (AvgIpc) is 1.92. The van der Waals surface area contributed by atoms with Gasteiger partial charge in [-0.2, -0.15) is 0 Å². The van der Waals surface area contributed by atoms with Gasteiger partial charge in [0.2, 0.25) is 0 Å². The monoisotopic (exact) mass is 148 g/mol. The molecule has 0 saturated carbocycles. The van der Waals surface area contributed by atoms with Crippen LogP contribution in [0, 0.1) is 5.41 Å². The summed E-state index contributed by atoms with van der Waals surface area (Å²) in [5.41, 5.74) is -1.35. The van der Waals surface area contributed by atoms with Crippen molar-refractivity contribution in [2.24, 2.45) is 5.41 Å². The van der Waals surface area contributed by atoms with Crippen LogP contribution in [0.1, 0.15) is 0 Å². The van der Waals surface area contributed by atoms with Gasteiger partial charge in [0.05, 0.1) is 31.0 Å². The number of hydrogen-bond acceptors (Lipinski definition) is 4. The first-order valence-corrected chi connectivity index (χ1v) is 2.84. The van der Waals surface area contributed by atoms with Crippen LogP contribution in [0.5, 0.6) is 0 Å². The molecular weight excluding hydrogens is 136 g/mol. The van der Waals surface area contributed by atoms with E-state index in [1.807, 2.05) is 0 Å². The van der Waals surface area contributed by atoms with Crippen LogP contribution in [-0.4, -0.2) is 40.2 Å². The van der Waals surface area contributed by atoms with E-state index < -0.39 is 31.0 Å². The molecule has 4 nitrogen and oxygen atoms in total. The standard InChI is InChI=1S/C6H12O4/c1-5(10)6(2-7,3-8)4-9/h7-10H,1-4H2. The van der Waals surface area contributed by atoms with E-state index in [0.29, 0.717) is 0 Å². The summed E-state index contributed by atoms with van der Waals surface area (Å²) in [5, 5.41) is 34.6. The van der Waals surface area contributed by atoms with E-state index in [9.17, 15) is 0 Å². The molecule has 0 rings (SSSR count). The molecule has 0 saturated heterocycles. The molecule has 10 heavy (non-hydrogen) atoms. The van der Waals surface area contributed by atoms with Crippen molar-refractivity contribution >= 4 is 0 Å². The Balaban J connectivity index is 4.31. The number of aliphatic hydroxyl groups is 4. The van der Waals surface area contributed by atoms with Gasteiger partial charge in [-0.1, -0.05) is 6.58 Å². The largest absolute Gasteiger partial charge is 0.512 e. The highest BCUT2D eigenvalue weighted by molar-refractivity contribution is 5.01. The predicted octanol–water partition coefficient (Wildman–Crippen LogP) is -0.979. The smallest absolute Gasteiger partial charge is 0.0982 e. The molecule has 4 N–H and O–H groups in total. The Bertz CT molecular complexity index is 109. The normalized spacial score (nSPS) is 11.5. The Kier molecular flexibility index (Phi) is 3.35. The minimum Gasteiger partial charge on any atom is -0.512 e. The van der Waals surface area contributed by atoms with Crippen LogP contribution in [0.4, 0.5) is 0 Å². The third-order valence-corrected chi connectivity index (χ3v) is 1.52. The first-order chi connectivity index (χ1) is 4.63. The van der Waals surface area contributed by atoms with E-state index in [1.54, 1.807) is 0 Å². The minimum atomic E-state index is -1.35. The molecule has 0 bridgehead atoms. The van der Waals surface area contributed by atoms with Crippen molar-refractivity contribution in [2.45, 2.75) is 0 Å². The Morgan fingerprint density at radius 1 is 1.10 bits per heavy atom. The molecule has 0 aliphatic heterocycles. The van der Waals surface area contributed by atoms with Gasteiger partial charge >= 0.3 is 0 Å². The van der Waals surface area contributed by atoms with Crippen molar-refractivity contribution in [3.63, 3.8) is 0 Å². The maximum absolute atomic E-state index is 8.79. The average molecular weight is 148 g/mol. The molecule has 0 aliphatic rings. The second-order valence-corrected chi connectivity index (χ2v) is 2.20. The maximum Gasteiger partial charge on any atom is 0.0982 e. The summed E-state index contributed by atoms with van der Waals surface area (Å²) < 4.78 is 0. The lowest BCUT2D eigenvalue weighted by atomic mass is 9.89. The topological polar surface area (TPSA) is 80.9 Å². The summed E-state index contributed by atoms with van der Waals surface area (Å²) in [6.07, 6.45) is 0. The molecule has 0 fully saturated rings. The zero-order chi connectivity index (χ0) is 8.20.